The molecule has 1 atom stereocenters. The topological polar surface area (TPSA) is 74.8 Å². The summed E-state index contributed by atoms with van der Waals surface area (Å²) in [5, 5.41) is 3.05. The van der Waals surface area contributed by atoms with Gasteiger partial charge in [0.05, 0.1) is 17.3 Å². The number of aliphatic imine (C=N–C) groups is 1. The van der Waals surface area contributed by atoms with Gasteiger partial charge in [0, 0.05) is 48.4 Å². The molecule has 2 N–H and O–H groups in total. The first-order chi connectivity index (χ1) is 11.7. The summed E-state index contributed by atoms with van der Waals surface area (Å²) in [6.07, 6.45) is 1.83. The number of aromatic nitrogens is 1. The van der Waals surface area contributed by atoms with Crippen LogP contribution in [-0.2, 0) is 10.8 Å². The molecule has 1 aromatic carbocycles. The molecular weight excluding hydrogens is 342 g/mol. The zero-order valence-electron chi connectivity index (χ0n) is 13.4. The number of guanidine groups is 1. The van der Waals surface area contributed by atoms with Crippen molar-refractivity contribution in [3.05, 3.63) is 41.9 Å². The summed E-state index contributed by atoms with van der Waals surface area (Å²) in [6, 6.07) is 9.46. The molecule has 0 bridgehead atoms. The molecular formula is C16H21N5OS2. The smallest absolute Gasteiger partial charge is 0.191 e. The molecule has 2 heterocycles. The van der Waals surface area contributed by atoms with Crippen molar-refractivity contribution in [2.75, 3.05) is 43.4 Å². The number of rotatable bonds is 5. The van der Waals surface area contributed by atoms with Crippen LogP contribution in [0.5, 0.6) is 0 Å². The molecule has 3 rings (SSSR count). The highest BCUT2D eigenvalue weighted by Crippen LogP contribution is 2.18. The number of nitrogens with zero attached hydrogens (tertiary/aromatic N) is 4. The van der Waals surface area contributed by atoms with E-state index in [-0.39, 0.29) is 0 Å². The van der Waals surface area contributed by atoms with Gasteiger partial charge in [0.25, 0.3) is 0 Å². The van der Waals surface area contributed by atoms with Gasteiger partial charge in [-0.1, -0.05) is 18.2 Å². The monoisotopic (exact) mass is 363 g/mol. The molecule has 24 heavy (non-hydrogen) atoms. The summed E-state index contributed by atoms with van der Waals surface area (Å²) < 4.78 is 12.2. The van der Waals surface area contributed by atoms with Crippen molar-refractivity contribution in [2.45, 2.75) is 4.90 Å². The molecule has 0 amide bonds. The van der Waals surface area contributed by atoms with E-state index in [9.17, 15) is 4.21 Å². The molecule has 6 nitrogen and oxygen atoms in total. The minimum Gasteiger partial charge on any atom is -0.370 e. The average molecular weight is 364 g/mol. The van der Waals surface area contributed by atoms with Gasteiger partial charge in [-0.2, -0.15) is 0 Å². The fraction of sp³-hybridized carbons (Fsp3) is 0.375. The molecule has 128 valence electrons. The van der Waals surface area contributed by atoms with Crippen LogP contribution in [0.1, 0.15) is 0 Å². The zero-order valence-corrected chi connectivity index (χ0v) is 15.0. The highest BCUT2D eigenvalue weighted by molar-refractivity contribution is 7.85. The Hall–Kier alpha value is -1.93. The van der Waals surface area contributed by atoms with E-state index in [2.05, 4.69) is 19.8 Å². The van der Waals surface area contributed by atoms with Crippen LogP contribution < -0.4 is 10.6 Å². The summed E-state index contributed by atoms with van der Waals surface area (Å²) in [4.78, 5) is 13.9. The van der Waals surface area contributed by atoms with Gasteiger partial charge < -0.3 is 15.5 Å². The SMILES string of the molecule is NC(=NCCS(=O)c1ccccc1)N1CCN(c2nccs2)CC1. The summed E-state index contributed by atoms with van der Waals surface area (Å²) in [6.45, 7) is 3.91. The predicted molar refractivity (Wildman–Crippen MR) is 100 cm³/mol. The van der Waals surface area contributed by atoms with Crippen LogP contribution in [0.3, 0.4) is 0 Å². The van der Waals surface area contributed by atoms with Gasteiger partial charge in [-0.05, 0) is 12.1 Å². The van der Waals surface area contributed by atoms with E-state index < -0.39 is 10.8 Å². The normalized spacial score (nSPS) is 17.1. The number of hydrogen-bond donors (Lipinski definition) is 1. The largest absolute Gasteiger partial charge is 0.370 e. The molecule has 1 unspecified atom stereocenters. The molecule has 8 heteroatoms. The van der Waals surface area contributed by atoms with Crippen molar-refractivity contribution in [1.29, 1.82) is 0 Å². The van der Waals surface area contributed by atoms with Crippen LogP contribution in [0.25, 0.3) is 0 Å². The Morgan fingerprint density at radius 3 is 2.67 bits per heavy atom. The summed E-state index contributed by atoms with van der Waals surface area (Å²) in [7, 11) is -1.03. The third-order valence-electron chi connectivity index (χ3n) is 3.85. The van der Waals surface area contributed by atoms with Crippen LogP contribution in [0.4, 0.5) is 5.13 Å². The van der Waals surface area contributed by atoms with E-state index in [0.29, 0.717) is 18.3 Å². The van der Waals surface area contributed by atoms with Gasteiger partial charge in [-0.3, -0.25) is 9.20 Å². The lowest BCUT2D eigenvalue weighted by Gasteiger charge is -2.35. The van der Waals surface area contributed by atoms with Crippen LogP contribution in [-0.4, -0.2) is 58.5 Å². The van der Waals surface area contributed by atoms with Crippen molar-refractivity contribution in [3.8, 4) is 0 Å². The third-order valence-corrected chi connectivity index (χ3v) is 6.03. The van der Waals surface area contributed by atoms with Crippen LogP contribution in [0.15, 0.2) is 51.8 Å². The van der Waals surface area contributed by atoms with E-state index in [1.54, 1.807) is 11.3 Å². The second-order valence-electron chi connectivity index (χ2n) is 5.39. The molecule has 0 spiro atoms. The Morgan fingerprint density at radius 1 is 1.25 bits per heavy atom. The number of thiazole rings is 1. The quantitative estimate of drug-likeness (QED) is 0.642. The van der Waals surface area contributed by atoms with E-state index in [1.165, 1.54) is 0 Å². The molecule has 0 radical (unpaired) electrons. The first-order valence-electron chi connectivity index (χ1n) is 7.87. The van der Waals surface area contributed by atoms with Gasteiger partial charge in [0.1, 0.15) is 0 Å². The highest BCUT2D eigenvalue weighted by atomic mass is 32.2. The van der Waals surface area contributed by atoms with E-state index in [0.717, 1.165) is 36.2 Å². The standard InChI is InChI=1S/C16H21N5OS2/c17-15(18-7-13-24(22)14-4-2-1-3-5-14)20-8-10-21(11-9-20)16-19-6-12-23-16/h1-6,12H,7-11,13H2,(H2,17,18). The minimum absolute atomic E-state index is 0.472. The van der Waals surface area contributed by atoms with Gasteiger partial charge >= 0.3 is 0 Å². The maximum Gasteiger partial charge on any atom is 0.191 e. The number of anilines is 1. The fourth-order valence-corrected chi connectivity index (χ4v) is 4.18. The molecule has 2 aromatic rings. The van der Waals surface area contributed by atoms with Gasteiger partial charge in [-0.25, -0.2) is 4.98 Å². The molecule has 1 saturated heterocycles. The minimum atomic E-state index is -1.03. The molecule has 1 aromatic heterocycles. The lowest BCUT2D eigenvalue weighted by molar-refractivity contribution is 0.381. The Bertz CT molecular complexity index is 682. The number of benzene rings is 1. The Balaban J connectivity index is 1.46. The molecule has 1 aliphatic heterocycles. The Morgan fingerprint density at radius 2 is 2.00 bits per heavy atom. The van der Waals surface area contributed by atoms with Crippen LogP contribution >= 0.6 is 11.3 Å². The predicted octanol–water partition coefficient (Wildman–Crippen LogP) is 1.39. The van der Waals surface area contributed by atoms with Crippen molar-refractivity contribution in [3.63, 3.8) is 0 Å². The molecule has 1 fully saturated rings. The van der Waals surface area contributed by atoms with Crippen LogP contribution in [0.2, 0.25) is 0 Å². The average Bonchev–Trinajstić information content (AvgIpc) is 3.17. The first-order valence-corrected chi connectivity index (χ1v) is 10.1. The number of nitrogens with two attached hydrogens (primary N) is 1. The Kier molecular flexibility index (Phi) is 5.81. The second kappa shape index (κ2) is 8.25. The van der Waals surface area contributed by atoms with E-state index in [1.807, 2.05) is 41.9 Å². The van der Waals surface area contributed by atoms with Crippen molar-refractivity contribution >= 4 is 33.2 Å². The van der Waals surface area contributed by atoms with E-state index in [4.69, 9.17) is 5.73 Å². The zero-order chi connectivity index (χ0) is 16.8. The van der Waals surface area contributed by atoms with Crippen LogP contribution in [0, 0.1) is 0 Å². The van der Waals surface area contributed by atoms with Crippen molar-refractivity contribution < 1.29 is 4.21 Å². The lowest BCUT2D eigenvalue weighted by atomic mass is 10.3. The Labute approximate surface area is 148 Å². The lowest BCUT2D eigenvalue weighted by Crippen LogP contribution is -2.51. The van der Waals surface area contributed by atoms with Gasteiger partial charge in [-0.15, -0.1) is 11.3 Å². The highest BCUT2D eigenvalue weighted by Gasteiger charge is 2.19. The summed E-state index contributed by atoms with van der Waals surface area (Å²) >= 11 is 1.66. The molecule has 0 saturated carbocycles. The summed E-state index contributed by atoms with van der Waals surface area (Å²) in [5.41, 5.74) is 6.08. The second-order valence-corrected chi connectivity index (χ2v) is 7.84. The van der Waals surface area contributed by atoms with Crippen molar-refractivity contribution in [1.82, 2.24) is 9.88 Å². The number of hydrogen-bond acceptors (Lipinski definition) is 5. The van der Waals surface area contributed by atoms with Gasteiger partial charge in [0.15, 0.2) is 11.1 Å². The van der Waals surface area contributed by atoms with E-state index >= 15 is 0 Å². The third kappa shape index (κ3) is 4.33. The maximum atomic E-state index is 12.2. The maximum absolute atomic E-state index is 12.2. The van der Waals surface area contributed by atoms with Gasteiger partial charge in [0.2, 0.25) is 0 Å². The fourth-order valence-electron chi connectivity index (χ4n) is 2.53. The summed E-state index contributed by atoms with van der Waals surface area (Å²) in [5.74, 6) is 1.03. The first kappa shape index (κ1) is 16.9. The number of piperazine rings is 1. The molecule has 1 aliphatic rings. The van der Waals surface area contributed by atoms with Crippen molar-refractivity contribution in [2.24, 2.45) is 10.7 Å². The molecule has 0 aliphatic carbocycles.